The van der Waals surface area contributed by atoms with Crippen molar-refractivity contribution in [1.29, 1.82) is 0 Å². The van der Waals surface area contributed by atoms with E-state index in [9.17, 15) is 4.79 Å². The van der Waals surface area contributed by atoms with Gasteiger partial charge < -0.3 is 14.8 Å². The Morgan fingerprint density at radius 3 is 2.64 bits per heavy atom. The Balaban J connectivity index is 1.83. The zero-order chi connectivity index (χ0) is 17.6. The number of ether oxygens (including phenoxy) is 2. The number of benzene rings is 2. The van der Waals surface area contributed by atoms with Gasteiger partial charge in [0, 0.05) is 11.3 Å². The lowest BCUT2D eigenvalue weighted by Crippen LogP contribution is -2.12. The summed E-state index contributed by atoms with van der Waals surface area (Å²) >= 11 is 0. The van der Waals surface area contributed by atoms with Gasteiger partial charge in [0.15, 0.2) is 0 Å². The van der Waals surface area contributed by atoms with E-state index in [-0.39, 0.29) is 5.91 Å². The third-order valence-corrected chi connectivity index (χ3v) is 3.68. The maximum atomic E-state index is 12.6. The molecule has 2 N–H and O–H groups in total. The summed E-state index contributed by atoms with van der Waals surface area (Å²) in [7, 11) is 1.59. The molecule has 0 radical (unpaired) electrons. The molecule has 0 spiro atoms. The summed E-state index contributed by atoms with van der Waals surface area (Å²) in [5, 5.41) is 9.76. The van der Waals surface area contributed by atoms with Gasteiger partial charge in [-0.15, -0.1) is 0 Å². The van der Waals surface area contributed by atoms with Crippen LogP contribution < -0.4 is 14.8 Å². The second-order valence-electron chi connectivity index (χ2n) is 5.27. The molecule has 0 fully saturated rings. The molecular formula is C19H19N3O3. The van der Waals surface area contributed by atoms with Crippen molar-refractivity contribution in [2.24, 2.45) is 0 Å². The summed E-state index contributed by atoms with van der Waals surface area (Å²) < 4.78 is 10.8. The molecule has 1 amide bonds. The fraction of sp³-hybridized carbons (Fsp3) is 0.158. The SMILES string of the molecule is CCOc1ccc(NC(=O)c2cn[nH]c2-c2ccccc2OC)cc1. The van der Waals surface area contributed by atoms with Gasteiger partial charge in [-0.25, -0.2) is 0 Å². The Morgan fingerprint density at radius 1 is 1.16 bits per heavy atom. The minimum absolute atomic E-state index is 0.251. The number of nitrogens with one attached hydrogen (secondary N) is 2. The number of aromatic nitrogens is 2. The number of carbonyl (C=O) groups excluding carboxylic acids is 1. The lowest BCUT2D eigenvalue weighted by Gasteiger charge is -2.09. The van der Waals surface area contributed by atoms with Crippen molar-refractivity contribution in [3.8, 4) is 22.8 Å². The largest absolute Gasteiger partial charge is 0.496 e. The van der Waals surface area contributed by atoms with Crippen LogP contribution in [0.5, 0.6) is 11.5 Å². The molecule has 0 atom stereocenters. The number of para-hydroxylation sites is 1. The van der Waals surface area contributed by atoms with Crippen LogP contribution in [0.25, 0.3) is 11.3 Å². The predicted octanol–water partition coefficient (Wildman–Crippen LogP) is 3.74. The van der Waals surface area contributed by atoms with Crippen LogP contribution in [0.15, 0.2) is 54.7 Å². The number of nitrogens with zero attached hydrogens (tertiary/aromatic N) is 1. The smallest absolute Gasteiger partial charge is 0.259 e. The van der Waals surface area contributed by atoms with E-state index in [0.29, 0.717) is 29.3 Å². The molecule has 0 unspecified atom stereocenters. The Kier molecular flexibility index (Phi) is 4.99. The van der Waals surface area contributed by atoms with Gasteiger partial charge in [-0.2, -0.15) is 5.10 Å². The monoisotopic (exact) mass is 337 g/mol. The molecule has 6 heteroatoms. The molecule has 6 nitrogen and oxygen atoms in total. The summed E-state index contributed by atoms with van der Waals surface area (Å²) in [6, 6.07) is 14.7. The molecule has 3 aromatic rings. The van der Waals surface area contributed by atoms with E-state index in [0.717, 1.165) is 11.3 Å². The van der Waals surface area contributed by atoms with Gasteiger partial charge in [0.25, 0.3) is 5.91 Å². The van der Waals surface area contributed by atoms with Crippen molar-refractivity contribution >= 4 is 11.6 Å². The van der Waals surface area contributed by atoms with Crippen molar-refractivity contribution in [2.45, 2.75) is 6.92 Å². The summed E-state index contributed by atoms with van der Waals surface area (Å²) in [6.07, 6.45) is 1.51. The normalized spacial score (nSPS) is 10.3. The maximum absolute atomic E-state index is 12.6. The summed E-state index contributed by atoms with van der Waals surface area (Å²) in [5.41, 5.74) is 2.51. The predicted molar refractivity (Wildman–Crippen MR) is 96.1 cm³/mol. The third kappa shape index (κ3) is 3.63. The number of methoxy groups -OCH3 is 1. The number of carbonyl (C=O) groups is 1. The maximum Gasteiger partial charge on any atom is 0.259 e. The number of hydrogen-bond donors (Lipinski definition) is 2. The highest BCUT2D eigenvalue weighted by molar-refractivity contribution is 6.08. The first kappa shape index (κ1) is 16.6. The van der Waals surface area contributed by atoms with Crippen LogP contribution in [-0.2, 0) is 0 Å². The zero-order valence-electron chi connectivity index (χ0n) is 14.1. The first-order valence-electron chi connectivity index (χ1n) is 7.94. The van der Waals surface area contributed by atoms with E-state index < -0.39 is 0 Å². The second-order valence-corrected chi connectivity index (χ2v) is 5.27. The molecule has 3 rings (SSSR count). The highest BCUT2D eigenvalue weighted by Gasteiger charge is 2.18. The molecule has 0 bridgehead atoms. The first-order chi connectivity index (χ1) is 12.2. The quantitative estimate of drug-likeness (QED) is 0.718. The summed E-state index contributed by atoms with van der Waals surface area (Å²) in [4.78, 5) is 12.6. The molecule has 0 aliphatic carbocycles. The van der Waals surface area contributed by atoms with Crippen molar-refractivity contribution in [1.82, 2.24) is 10.2 Å². The number of amides is 1. The van der Waals surface area contributed by atoms with Crippen molar-refractivity contribution < 1.29 is 14.3 Å². The van der Waals surface area contributed by atoms with Gasteiger partial charge in [-0.1, -0.05) is 12.1 Å². The molecule has 0 saturated heterocycles. The molecule has 1 heterocycles. The van der Waals surface area contributed by atoms with Crippen molar-refractivity contribution in [2.75, 3.05) is 19.0 Å². The van der Waals surface area contributed by atoms with Gasteiger partial charge in [0.2, 0.25) is 0 Å². The number of rotatable bonds is 6. The van der Waals surface area contributed by atoms with Crippen LogP contribution in [0.1, 0.15) is 17.3 Å². The van der Waals surface area contributed by atoms with Crippen LogP contribution in [0.4, 0.5) is 5.69 Å². The summed E-state index contributed by atoms with van der Waals surface area (Å²) in [5.74, 6) is 1.18. The third-order valence-electron chi connectivity index (χ3n) is 3.68. The fourth-order valence-electron chi connectivity index (χ4n) is 2.51. The van der Waals surface area contributed by atoms with Crippen LogP contribution in [0.2, 0.25) is 0 Å². The van der Waals surface area contributed by atoms with E-state index in [4.69, 9.17) is 9.47 Å². The molecule has 25 heavy (non-hydrogen) atoms. The van der Waals surface area contributed by atoms with Crippen LogP contribution in [-0.4, -0.2) is 29.8 Å². The van der Waals surface area contributed by atoms with Crippen molar-refractivity contribution in [3.63, 3.8) is 0 Å². The summed E-state index contributed by atoms with van der Waals surface area (Å²) in [6.45, 7) is 2.52. The standard InChI is InChI=1S/C19H19N3O3/c1-3-25-14-10-8-13(9-11-14)21-19(23)16-12-20-22-18(16)15-6-4-5-7-17(15)24-2/h4-12H,3H2,1-2H3,(H,20,22)(H,21,23). The second kappa shape index (κ2) is 7.53. The number of anilines is 1. The molecule has 2 aromatic carbocycles. The molecule has 0 aliphatic heterocycles. The minimum Gasteiger partial charge on any atom is -0.496 e. The molecule has 128 valence electrons. The lowest BCUT2D eigenvalue weighted by atomic mass is 10.1. The molecule has 0 saturated carbocycles. The van der Waals surface area contributed by atoms with E-state index in [1.54, 1.807) is 19.2 Å². The van der Waals surface area contributed by atoms with Gasteiger partial charge in [0.05, 0.1) is 31.2 Å². The molecule has 1 aromatic heterocycles. The zero-order valence-corrected chi connectivity index (χ0v) is 14.1. The Bertz CT molecular complexity index is 856. The highest BCUT2D eigenvalue weighted by Crippen LogP contribution is 2.30. The van der Waals surface area contributed by atoms with Crippen LogP contribution in [0, 0.1) is 0 Å². The van der Waals surface area contributed by atoms with Gasteiger partial charge in [-0.3, -0.25) is 9.89 Å². The fourth-order valence-corrected chi connectivity index (χ4v) is 2.51. The molecule has 0 aliphatic rings. The van der Waals surface area contributed by atoms with E-state index >= 15 is 0 Å². The topological polar surface area (TPSA) is 76.2 Å². The number of hydrogen-bond acceptors (Lipinski definition) is 4. The Labute approximate surface area is 145 Å². The highest BCUT2D eigenvalue weighted by atomic mass is 16.5. The van der Waals surface area contributed by atoms with Crippen molar-refractivity contribution in [3.05, 3.63) is 60.3 Å². The van der Waals surface area contributed by atoms with Crippen LogP contribution >= 0.6 is 0 Å². The first-order valence-corrected chi connectivity index (χ1v) is 7.94. The average Bonchev–Trinajstić information content (AvgIpc) is 3.13. The van der Waals surface area contributed by atoms with Gasteiger partial charge in [0.1, 0.15) is 11.5 Å². The molecular weight excluding hydrogens is 318 g/mol. The van der Waals surface area contributed by atoms with E-state index in [1.807, 2.05) is 43.3 Å². The lowest BCUT2D eigenvalue weighted by molar-refractivity contribution is 0.102. The van der Waals surface area contributed by atoms with Gasteiger partial charge in [-0.05, 0) is 43.3 Å². The number of H-pyrrole nitrogens is 1. The van der Waals surface area contributed by atoms with Crippen LogP contribution in [0.3, 0.4) is 0 Å². The number of aromatic amines is 1. The van der Waals surface area contributed by atoms with E-state index in [1.165, 1.54) is 6.20 Å². The van der Waals surface area contributed by atoms with E-state index in [2.05, 4.69) is 15.5 Å². The Hall–Kier alpha value is -3.28. The minimum atomic E-state index is -0.251. The average molecular weight is 337 g/mol. The Morgan fingerprint density at radius 2 is 1.92 bits per heavy atom. The van der Waals surface area contributed by atoms with Gasteiger partial charge >= 0.3 is 0 Å².